The highest BCUT2D eigenvalue weighted by Crippen LogP contribution is 2.40. The number of imide groups is 1. The number of anilines is 1. The van der Waals surface area contributed by atoms with Crippen LogP contribution in [-0.2, 0) is 9.53 Å². The first-order valence-corrected chi connectivity index (χ1v) is 12.3. The van der Waals surface area contributed by atoms with Crippen molar-refractivity contribution in [3.8, 4) is 0 Å². The van der Waals surface area contributed by atoms with Gasteiger partial charge in [0.25, 0.3) is 0 Å². The molecule has 1 saturated carbocycles. The van der Waals surface area contributed by atoms with Crippen LogP contribution in [0.25, 0.3) is 10.9 Å². The number of amides is 2. The molecule has 1 aromatic heterocycles. The van der Waals surface area contributed by atoms with Crippen LogP contribution in [0, 0.1) is 11.7 Å². The third kappa shape index (κ3) is 6.17. The van der Waals surface area contributed by atoms with Crippen LogP contribution in [0.5, 0.6) is 0 Å². The smallest absolute Gasteiger partial charge is 0.421 e. The molecule has 1 aliphatic carbocycles. The van der Waals surface area contributed by atoms with E-state index in [1.54, 1.807) is 63.4 Å². The Balaban J connectivity index is 1.46. The van der Waals surface area contributed by atoms with Crippen molar-refractivity contribution in [1.29, 1.82) is 0 Å². The molecule has 0 saturated heterocycles. The van der Waals surface area contributed by atoms with Gasteiger partial charge in [0.2, 0.25) is 5.91 Å². The van der Waals surface area contributed by atoms with Gasteiger partial charge in [0.05, 0.1) is 11.2 Å². The number of halogens is 2. The van der Waals surface area contributed by atoms with Crippen LogP contribution >= 0.6 is 11.6 Å². The number of benzene rings is 2. The minimum Gasteiger partial charge on any atom is -0.443 e. The molecule has 0 aliphatic heterocycles. The zero-order valence-electron chi connectivity index (χ0n) is 20.3. The van der Waals surface area contributed by atoms with Gasteiger partial charge in [-0.1, -0.05) is 11.6 Å². The normalized spacial score (nSPS) is 18.3. The van der Waals surface area contributed by atoms with E-state index in [0.29, 0.717) is 10.7 Å². The quantitative estimate of drug-likeness (QED) is 0.372. The lowest BCUT2D eigenvalue weighted by Crippen LogP contribution is -2.41. The molecule has 35 heavy (non-hydrogen) atoms. The van der Waals surface area contributed by atoms with Crippen molar-refractivity contribution in [3.63, 3.8) is 0 Å². The molecule has 7 heteroatoms. The molecular formula is C28H30ClFN2O3. The summed E-state index contributed by atoms with van der Waals surface area (Å²) in [5.41, 5.74) is 1.60. The number of hydrogen-bond acceptors (Lipinski definition) is 4. The highest BCUT2D eigenvalue weighted by Gasteiger charge is 2.32. The molecule has 0 spiro atoms. The van der Waals surface area contributed by atoms with E-state index in [4.69, 9.17) is 16.3 Å². The number of nitrogens with zero attached hydrogens (tertiary/aromatic N) is 2. The van der Waals surface area contributed by atoms with Gasteiger partial charge in [0, 0.05) is 23.0 Å². The molecule has 0 bridgehead atoms. The molecule has 0 N–H and O–H groups in total. The predicted molar refractivity (Wildman–Crippen MR) is 136 cm³/mol. The van der Waals surface area contributed by atoms with Crippen molar-refractivity contribution in [3.05, 3.63) is 71.1 Å². The molecule has 0 unspecified atom stereocenters. The molecule has 0 atom stereocenters. The number of aromatic nitrogens is 1. The first-order valence-electron chi connectivity index (χ1n) is 12.0. The maximum atomic E-state index is 13.9. The van der Waals surface area contributed by atoms with E-state index < -0.39 is 11.7 Å². The number of carbonyl (C=O) groups excluding carboxylic acids is 2. The van der Waals surface area contributed by atoms with Crippen molar-refractivity contribution in [2.75, 3.05) is 4.90 Å². The van der Waals surface area contributed by atoms with Crippen molar-refractivity contribution in [2.45, 2.75) is 64.4 Å². The van der Waals surface area contributed by atoms with Crippen LogP contribution in [0.3, 0.4) is 0 Å². The molecule has 3 aromatic rings. The van der Waals surface area contributed by atoms with Crippen molar-refractivity contribution in [1.82, 2.24) is 4.98 Å². The molecule has 1 aliphatic rings. The van der Waals surface area contributed by atoms with E-state index in [0.717, 1.165) is 47.0 Å². The van der Waals surface area contributed by atoms with Gasteiger partial charge in [-0.15, -0.1) is 0 Å². The second-order valence-corrected chi connectivity index (χ2v) is 10.6. The number of rotatable bonds is 4. The molecule has 0 radical (unpaired) electrons. The van der Waals surface area contributed by atoms with Gasteiger partial charge in [0.1, 0.15) is 11.4 Å². The van der Waals surface area contributed by atoms with Gasteiger partial charge in [-0.05, 0) is 112 Å². The summed E-state index contributed by atoms with van der Waals surface area (Å²) < 4.78 is 19.4. The lowest BCUT2D eigenvalue weighted by atomic mass is 9.76. The largest absolute Gasteiger partial charge is 0.443 e. The molecule has 5 nitrogen and oxygen atoms in total. The van der Waals surface area contributed by atoms with Gasteiger partial charge in [-0.25, -0.2) is 14.1 Å². The summed E-state index contributed by atoms with van der Waals surface area (Å²) in [7, 11) is 0. The van der Waals surface area contributed by atoms with E-state index in [9.17, 15) is 14.0 Å². The SMILES string of the molecule is CC(C)(C)OC(=O)N(C(=O)CC1CCC(c2ccnc3ccc(F)cc23)CC1)c1ccc(Cl)cc1. The maximum Gasteiger partial charge on any atom is 0.421 e. The number of hydrogen-bond donors (Lipinski definition) is 0. The van der Waals surface area contributed by atoms with Crippen LogP contribution in [0.15, 0.2) is 54.7 Å². The van der Waals surface area contributed by atoms with Crippen LogP contribution in [0.4, 0.5) is 14.9 Å². The zero-order chi connectivity index (χ0) is 25.2. The van der Waals surface area contributed by atoms with Gasteiger partial charge >= 0.3 is 6.09 Å². The second-order valence-electron chi connectivity index (χ2n) is 10.2. The third-order valence-corrected chi connectivity index (χ3v) is 6.65. The van der Waals surface area contributed by atoms with E-state index in [-0.39, 0.29) is 30.0 Å². The molecular weight excluding hydrogens is 467 g/mol. The lowest BCUT2D eigenvalue weighted by molar-refractivity contribution is -0.119. The van der Waals surface area contributed by atoms with Crippen molar-refractivity contribution in [2.24, 2.45) is 5.92 Å². The Morgan fingerprint density at radius 3 is 2.40 bits per heavy atom. The molecule has 2 aromatic carbocycles. The molecule has 2 amide bonds. The van der Waals surface area contributed by atoms with E-state index in [1.807, 2.05) is 6.07 Å². The number of carbonyl (C=O) groups is 2. The molecule has 4 rings (SSSR count). The van der Waals surface area contributed by atoms with Crippen molar-refractivity contribution >= 4 is 40.2 Å². The number of pyridine rings is 1. The number of ether oxygens (including phenoxy) is 1. The summed E-state index contributed by atoms with van der Waals surface area (Å²) >= 11 is 6.00. The third-order valence-electron chi connectivity index (χ3n) is 6.40. The average molecular weight is 497 g/mol. The van der Waals surface area contributed by atoms with E-state index >= 15 is 0 Å². The summed E-state index contributed by atoms with van der Waals surface area (Å²) in [4.78, 5) is 31.7. The van der Waals surface area contributed by atoms with Crippen LogP contribution < -0.4 is 4.90 Å². The topological polar surface area (TPSA) is 59.5 Å². The minimum atomic E-state index is -0.729. The van der Waals surface area contributed by atoms with Crippen LogP contribution in [-0.4, -0.2) is 22.6 Å². The summed E-state index contributed by atoms with van der Waals surface area (Å²) in [5.74, 6) is -0.121. The summed E-state index contributed by atoms with van der Waals surface area (Å²) in [6, 6.07) is 13.3. The Labute approximate surface area is 210 Å². The standard InChI is InChI=1S/C28H30ClFN2O3/c1-28(2,3)35-27(34)32(22-11-8-20(29)9-12-22)26(33)16-18-4-6-19(7-5-18)23-14-15-31-25-13-10-21(30)17-24(23)25/h8-15,17-19H,4-7,16H2,1-3H3. The molecule has 184 valence electrons. The first-order chi connectivity index (χ1) is 16.6. The van der Waals surface area contributed by atoms with E-state index in [2.05, 4.69) is 4.98 Å². The minimum absolute atomic E-state index is 0.154. The van der Waals surface area contributed by atoms with Gasteiger partial charge in [-0.2, -0.15) is 0 Å². The van der Waals surface area contributed by atoms with Gasteiger partial charge < -0.3 is 4.74 Å². The lowest BCUT2D eigenvalue weighted by Gasteiger charge is -2.31. The highest BCUT2D eigenvalue weighted by atomic mass is 35.5. The van der Waals surface area contributed by atoms with Crippen molar-refractivity contribution < 1.29 is 18.7 Å². The van der Waals surface area contributed by atoms with Crippen LogP contribution in [0.2, 0.25) is 5.02 Å². The molecule has 1 heterocycles. The number of fused-ring (bicyclic) bond motifs is 1. The highest BCUT2D eigenvalue weighted by molar-refractivity contribution is 6.30. The van der Waals surface area contributed by atoms with E-state index in [1.165, 1.54) is 6.07 Å². The summed E-state index contributed by atoms with van der Waals surface area (Å²) in [5, 5.41) is 1.37. The summed E-state index contributed by atoms with van der Waals surface area (Å²) in [6.07, 6.45) is 4.80. The van der Waals surface area contributed by atoms with Crippen LogP contribution in [0.1, 0.15) is 64.4 Å². The predicted octanol–water partition coefficient (Wildman–Crippen LogP) is 7.66. The Kier molecular flexibility index (Phi) is 7.41. The Morgan fingerprint density at radius 2 is 1.74 bits per heavy atom. The Hall–Kier alpha value is -2.99. The Morgan fingerprint density at radius 1 is 1.06 bits per heavy atom. The fraction of sp³-hybridized carbons (Fsp3) is 0.393. The fourth-order valence-corrected chi connectivity index (χ4v) is 4.89. The monoisotopic (exact) mass is 496 g/mol. The van der Waals surface area contributed by atoms with Gasteiger partial charge in [0.15, 0.2) is 0 Å². The molecule has 1 fully saturated rings. The maximum absolute atomic E-state index is 13.9. The summed E-state index contributed by atoms with van der Waals surface area (Å²) in [6.45, 7) is 5.31. The zero-order valence-corrected chi connectivity index (χ0v) is 21.0. The second kappa shape index (κ2) is 10.3. The Bertz CT molecular complexity index is 1220. The average Bonchev–Trinajstić information content (AvgIpc) is 2.79. The van der Waals surface area contributed by atoms with Gasteiger partial charge in [-0.3, -0.25) is 9.78 Å². The fourth-order valence-electron chi connectivity index (χ4n) is 4.76. The first kappa shape index (κ1) is 25.1.